The van der Waals surface area contributed by atoms with Crippen LogP contribution in [0.3, 0.4) is 0 Å². The molecule has 0 spiro atoms. The Morgan fingerprint density at radius 1 is 1.12 bits per heavy atom. The van der Waals surface area contributed by atoms with Gasteiger partial charge in [-0.1, -0.05) is 6.08 Å². The Morgan fingerprint density at radius 3 is 2.06 bits per heavy atom. The van der Waals surface area contributed by atoms with E-state index in [1.807, 2.05) is 0 Å². The summed E-state index contributed by atoms with van der Waals surface area (Å²) in [7, 11) is 4.69. The summed E-state index contributed by atoms with van der Waals surface area (Å²) in [5.74, 6) is 0. The maximum absolute atomic E-state index is 8.57. The normalized spacial score (nSPS) is 13.3. The van der Waals surface area contributed by atoms with E-state index in [-0.39, 0.29) is 17.8 Å². The summed E-state index contributed by atoms with van der Waals surface area (Å²) in [6, 6.07) is 3.58. The first-order valence-electron chi connectivity index (χ1n) is 4.78. The van der Waals surface area contributed by atoms with Gasteiger partial charge < -0.3 is 14.2 Å². The van der Waals surface area contributed by atoms with Crippen molar-refractivity contribution in [2.45, 2.75) is 18.6 Å². The van der Waals surface area contributed by atoms with E-state index in [0.29, 0.717) is 13.0 Å². The summed E-state index contributed by atoms with van der Waals surface area (Å²) >= 11 is 0. The molecule has 0 unspecified atom stereocenters. The summed E-state index contributed by atoms with van der Waals surface area (Å²) in [5.41, 5.74) is 0.0781. The van der Waals surface area contributed by atoms with Crippen molar-refractivity contribution in [3.63, 3.8) is 0 Å². The first-order chi connectivity index (χ1) is 7.73. The van der Waals surface area contributed by atoms with Gasteiger partial charge in [-0.2, -0.15) is 10.5 Å². The highest BCUT2D eigenvalue weighted by molar-refractivity contribution is 5.34. The van der Waals surface area contributed by atoms with E-state index in [2.05, 4.69) is 0 Å². The monoisotopic (exact) mass is 224 g/mol. The van der Waals surface area contributed by atoms with E-state index < -0.39 is 0 Å². The molecule has 88 valence electrons. The highest BCUT2D eigenvalue weighted by atomic mass is 16.6. The van der Waals surface area contributed by atoms with Crippen LogP contribution in [0.4, 0.5) is 0 Å². The van der Waals surface area contributed by atoms with Crippen molar-refractivity contribution in [2.75, 3.05) is 27.9 Å². The van der Waals surface area contributed by atoms with Crippen molar-refractivity contribution in [3.8, 4) is 12.1 Å². The molecule has 0 saturated carbocycles. The summed E-state index contributed by atoms with van der Waals surface area (Å²) in [6.07, 6.45) is 1.52. The van der Waals surface area contributed by atoms with Crippen LogP contribution in [0.15, 0.2) is 11.6 Å². The van der Waals surface area contributed by atoms with Crippen LogP contribution in [0.5, 0.6) is 0 Å². The smallest absolute Gasteiger partial charge is 0.125 e. The molecular weight excluding hydrogens is 208 g/mol. The lowest BCUT2D eigenvalue weighted by molar-refractivity contribution is -0.0661. The van der Waals surface area contributed by atoms with Crippen molar-refractivity contribution in [2.24, 2.45) is 0 Å². The molecule has 16 heavy (non-hydrogen) atoms. The standard InChI is InChI=1S/C11H16N2O3/c1-14-8-11(16-3)10(15-2)5-4-9(6-12)7-13/h4,10-11H,5,8H2,1-3H3/t10-,11-/m1/s1. The van der Waals surface area contributed by atoms with Crippen LogP contribution in [0.25, 0.3) is 0 Å². The second-order valence-corrected chi connectivity index (χ2v) is 3.08. The number of rotatable bonds is 7. The van der Waals surface area contributed by atoms with Gasteiger partial charge in [-0.3, -0.25) is 0 Å². The number of nitrogens with zero attached hydrogens (tertiary/aromatic N) is 2. The van der Waals surface area contributed by atoms with Crippen LogP contribution < -0.4 is 0 Å². The van der Waals surface area contributed by atoms with Crippen LogP contribution >= 0.6 is 0 Å². The van der Waals surface area contributed by atoms with Gasteiger partial charge in [0.1, 0.15) is 23.8 Å². The van der Waals surface area contributed by atoms with Crippen molar-refractivity contribution in [3.05, 3.63) is 11.6 Å². The second kappa shape index (κ2) is 8.87. The Morgan fingerprint density at radius 2 is 1.69 bits per heavy atom. The van der Waals surface area contributed by atoms with Gasteiger partial charge in [-0.25, -0.2) is 0 Å². The molecule has 0 radical (unpaired) electrons. The maximum Gasteiger partial charge on any atom is 0.125 e. The number of allylic oxidation sites excluding steroid dienone is 1. The molecule has 0 bridgehead atoms. The minimum absolute atomic E-state index is 0.0781. The van der Waals surface area contributed by atoms with Crippen LogP contribution in [-0.4, -0.2) is 40.1 Å². The minimum Gasteiger partial charge on any atom is -0.382 e. The molecule has 0 heterocycles. The fourth-order valence-electron chi connectivity index (χ4n) is 1.24. The first kappa shape index (κ1) is 14.6. The van der Waals surface area contributed by atoms with E-state index in [0.717, 1.165) is 0 Å². The SMILES string of the molecule is COC[C@@H](OC)[C@@H](CC=C(C#N)C#N)OC. The van der Waals surface area contributed by atoms with Crippen molar-refractivity contribution in [1.82, 2.24) is 0 Å². The number of ether oxygens (including phenoxy) is 3. The van der Waals surface area contributed by atoms with Crippen LogP contribution in [0, 0.1) is 22.7 Å². The van der Waals surface area contributed by atoms with Gasteiger partial charge in [0, 0.05) is 21.3 Å². The van der Waals surface area contributed by atoms with Gasteiger partial charge in [0.25, 0.3) is 0 Å². The third-order valence-corrected chi connectivity index (χ3v) is 2.15. The summed E-state index contributed by atoms with van der Waals surface area (Å²) in [5, 5.41) is 17.1. The number of hydrogen-bond donors (Lipinski definition) is 0. The van der Waals surface area contributed by atoms with Gasteiger partial charge in [0.05, 0.1) is 12.7 Å². The Kier molecular flexibility index (Phi) is 8.10. The van der Waals surface area contributed by atoms with Gasteiger partial charge >= 0.3 is 0 Å². The number of hydrogen-bond acceptors (Lipinski definition) is 5. The fourth-order valence-corrected chi connectivity index (χ4v) is 1.24. The van der Waals surface area contributed by atoms with Crippen molar-refractivity contribution < 1.29 is 14.2 Å². The molecule has 0 saturated heterocycles. The predicted octanol–water partition coefficient (Wildman–Crippen LogP) is 1.03. The first-order valence-corrected chi connectivity index (χ1v) is 4.78. The molecular formula is C11H16N2O3. The number of nitriles is 2. The zero-order valence-electron chi connectivity index (χ0n) is 9.77. The maximum atomic E-state index is 8.57. The molecule has 0 aromatic heterocycles. The highest BCUT2D eigenvalue weighted by Gasteiger charge is 2.19. The molecule has 5 nitrogen and oxygen atoms in total. The van der Waals surface area contributed by atoms with Crippen molar-refractivity contribution in [1.29, 1.82) is 10.5 Å². The molecule has 0 fully saturated rings. The largest absolute Gasteiger partial charge is 0.382 e. The predicted molar refractivity (Wildman–Crippen MR) is 57.4 cm³/mol. The average Bonchev–Trinajstić information content (AvgIpc) is 2.33. The van der Waals surface area contributed by atoms with Gasteiger partial charge in [0.15, 0.2) is 0 Å². The minimum atomic E-state index is -0.235. The molecule has 0 aliphatic carbocycles. The third kappa shape index (κ3) is 4.90. The molecule has 0 aromatic rings. The summed E-state index contributed by atoms with van der Waals surface area (Å²) in [6.45, 7) is 0.400. The second-order valence-electron chi connectivity index (χ2n) is 3.08. The number of methoxy groups -OCH3 is 3. The Hall–Kier alpha value is -1.40. The lowest BCUT2D eigenvalue weighted by Gasteiger charge is -2.23. The topological polar surface area (TPSA) is 75.3 Å². The molecule has 0 amide bonds. The van der Waals surface area contributed by atoms with Crippen molar-refractivity contribution >= 4 is 0 Å². The molecule has 0 aliphatic rings. The molecule has 0 N–H and O–H groups in total. The third-order valence-electron chi connectivity index (χ3n) is 2.15. The highest BCUT2D eigenvalue weighted by Crippen LogP contribution is 2.10. The van der Waals surface area contributed by atoms with Crippen LogP contribution in [-0.2, 0) is 14.2 Å². The average molecular weight is 224 g/mol. The lowest BCUT2D eigenvalue weighted by Crippen LogP contribution is -2.33. The van der Waals surface area contributed by atoms with Gasteiger partial charge in [-0.05, 0) is 6.42 Å². The zero-order valence-corrected chi connectivity index (χ0v) is 9.77. The van der Waals surface area contributed by atoms with E-state index >= 15 is 0 Å². The van der Waals surface area contributed by atoms with Gasteiger partial charge in [-0.15, -0.1) is 0 Å². The Balaban J connectivity index is 4.46. The summed E-state index contributed by atoms with van der Waals surface area (Å²) in [4.78, 5) is 0. The fraction of sp³-hybridized carbons (Fsp3) is 0.636. The molecule has 2 atom stereocenters. The van der Waals surface area contributed by atoms with Crippen LogP contribution in [0.2, 0.25) is 0 Å². The lowest BCUT2D eigenvalue weighted by atomic mass is 10.1. The molecule has 0 aliphatic heterocycles. The Bertz CT molecular complexity index is 285. The molecule has 0 aromatic carbocycles. The molecule has 0 rings (SSSR count). The molecule has 5 heteroatoms. The van der Waals surface area contributed by atoms with E-state index in [9.17, 15) is 0 Å². The van der Waals surface area contributed by atoms with Gasteiger partial charge in [0.2, 0.25) is 0 Å². The zero-order chi connectivity index (χ0) is 12.4. The van der Waals surface area contributed by atoms with E-state index in [1.165, 1.54) is 6.08 Å². The Labute approximate surface area is 95.8 Å². The summed E-state index contributed by atoms with van der Waals surface area (Å²) < 4.78 is 15.4. The van der Waals surface area contributed by atoms with E-state index in [1.54, 1.807) is 33.5 Å². The quantitative estimate of drug-likeness (QED) is 0.603. The van der Waals surface area contributed by atoms with Crippen LogP contribution in [0.1, 0.15) is 6.42 Å². The van der Waals surface area contributed by atoms with E-state index in [4.69, 9.17) is 24.7 Å².